The molecule has 178 valence electrons. The number of anilines is 4. The lowest BCUT2D eigenvalue weighted by Crippen LogP contribution is -2.37. The van der Waals surface area contributed by atoms with E-state index in [1.807, 2.05) is 53.4 Å². The Bertz CT molecular complexity index is 1340. The van der Waals surface area contributed by atoms with E-state index in [2.05, 4.69) is 30.8 Å². The predicted molar refractivity (Wildman–Crippen MR) is 138 cm³/mol. The van der Waals surface area contributed by atoms with Gasteiger partial charge in [-0.3, -0.25) is 0 Å². The van der Waals surface area contributed by atoms with Crippen molar-refractivity contribution >= 4 is 52.9 Å². The monoisotopic (exact) mass is 509 g/mol. The van der Waals surface area contributed by atoms with Crippen LogP contribution in [-0.4, -0.2) is 47.5 Å². The van der Waals surface area contributed by atoms with Crippen molar-refractivity contribution in [2.45, 2.75) is 0 Å². The van der Waals surface area contributed by atoms with Gasteiger partial charge in [0.15, 0.2) is 0 Å². The van der Waals surface area contributed by atoms with Crippen LogP contribution in [0.25, 0.3) is 11.3 Å². The normalized spacial score (nSPS) is 13.8. The van der Waals surface area contributed by atoms with Crippen molar-refractivity contribution in [3.63, 3.8) is 0 Å². The van der Waals surface area contributed by atoms with Gasteiger partial charge in [-0.25, -0.2) is 5.43 Å². The molecule has 0 saturated carbocycles. The minimum Gasteiger partial charge on any atom is -0.455 e. The third-order valence-corrected chi connectivity index (χ3v) is 5.56. The zero-order chi connectivity index (χ0) is 24.0. The summed E-state index contributed by atoms with van der Waals surface area (Å²) in [6.45, 7) is 2.58. The van der Waals surface area contributed by atoms with Crippen molar-refractivity contribution in [2.24, 2.45) is 5.10 Å². The van der Waals surface area contributed by atoms with E-state index in [0.29, 0.717) is 59.8 Å². The van der Waals surface area contributed by atoms with Crippen LogP contribution in [0, 0.1) is 0 Å². The molecule has 0 amide bonds. The lowest BCUT2D eigenvalue weighted by Gasteiger charge is -2.27. The van der Waals surface area contributed by atoms with Gasteiger partial charge in [-0.15, -0.1) is 0 Å². The Balaban J connectivity index is 1.34. The molecule has 1 aliphatic heterocycles. The summed E-state index contributed by atoms with van der Waals surface area (Å²) >= 11 is 12.2. The molecule has 3 heterocycles. The summed E-state index contributed by atoms with van der Waals surface area (Å²) in [5.41, 5.74) is 4.51. The van der Waals surface area contributed by atoms with Crippen molar-refractivity contribution < 1.29 is 9.15 Å². The van der Waals surface area contributed by atoms with Gasteiger partial charge < -0.3 is 19.4 Å². The fraction of sp³-hybridized carbons (Fsp3) is 0.167. The van der Waals surface area contributed by atoms with E-state index in [4.69, 9.17) is 32.4 Å². The first-order valence-electron chi connectivity index (χ1n) is 10.9. The molecule has 4 aromatic rings. The number of furan rings is 1. The molecule has 11 heteroatoms. The molecule has 9 nitrogen and oxygen atoms in total. The molecule has 2 aromatic carbocycles. The topological polar surface area (TPSA) is 101 Å². The summed E-state index contributed by atoms with van der Waals surface area (Å²) in [5, 5.41) is 8.67. The molecular formula is C24H21Cl2N7O2. The largest absolute Gasteiger partial charge is 0.455 e. The summed E-state index contributed by atoms with van der Waals surface area (Å²) in [4.78, 5) is 15.6. The van der Waals surface area contributed by atoms with Crippen LogP contribution in [-0.2, 0) is 4.74 Å². The minimum absolute atomic E-state index is 0.281. The van der Waals surface area contributed by atoms with Gasteiger partial charge in [0.1, 0.15) is 11.5 Å². The molecule has 0 unspecified atom stereocenters. The van der Waals surface area contributed by atoms with Crippen LogP contribution in [0.4, 0.5) is 23.5 Å². The molecule has 1 saturated heterocycles. The average Bonchev–Trinajstić information content (AvgIpc) is 3.34. The number of ether oxygens (including phenoxy) is 1. The number of nitrogens with one attached hydrogen (secondary N) is 2. The number of halogens is 2. The van der Waals surface area contributed by atoms with Crippen LogP contribution in [0.15, 0.2) is 70.2 Å². The lowest BCUT2D eigenvalue weighted by atomic mass is 10.2. The number of rotatable bonds is 7. The quantitative estimate of drug-likeness (QED) is 0.250. The van der Waals surface area contributed by atoms with Crippen molar-refractivity contribution in [2.75, 3.05) is 41.9 Å². The van der Waals surface area contributed by atoms with Crippen LogP contribution < -0.4 is 15.6 Å². The SMILES string of the molecule is Clc1cccc(Nc2nc(N/N=C\c3ccc(-c4cccc(Cl)c4)o3)nc(N3CCOCC3)n2)c1. The minimum atomic E-state index is 0.281. The number of hydrogen-bond acceptors (Lipinski definition) is 9. The molecule has 1 aliphatic rings. The first-order valence-corrected chi connectivity index (χ1v) is 11.6. The lowest BCUT2D eigenvalue weighted by molar-refractivity contribution is 0.122. The molecule has 5 rings (SSSR count). The maximum absolute atomic E-state index is 6.11. The van der Waals surface area contributed by atoms with Crippen molar-refractivity contribution in [3.05, 3.63) is 76.5 Å². The summed E-state index contributed by atoms with van der Waals surface area (Å²) in [6.07, 6.45) is 1.55. The maximum atomic E-state index is 6.11. The fourth-order valence-corrected chi connectivity index (χ4v) is 3.82. The Morgan fingerprint density at radius 3 is 2.46 bits per heavy atom. The fourth-order valence-electron chi connectivity index (χ4n) is 3.44. The van der Waals surface area contributed by atoms with Gasteiger partial charge in [0, 0.05) is 34.4 Å². The zero-order valence-corrected chi connectivity index (χ0v) is 20.0. The second-order valence-electron chi connectivity index (χ2n) is 7.60. The highest BCUT2D eigenvalue weighted by Crippen LogP contribution is 2.24. The summed E-state index contributed by atoms with van der Waals surface area (Å²) in [6, 6.07) is 18.4. The second kappa shape index (κ2) is 10.7. The third kappa shape index (κ3) is 6.07. The van der Waals surface area contributed by atoms with Gasteiger partial charge in [0.25, 0.3) is 0 Å². The standard InChI is InChI=1S/C24H21Cl2N7O2/c25-17-4-1-3-16(13-17)21-8-7-20(35-21)15-27-32-23-29-22(28-19-6-2-5-18(26)14-19)30-24(31-23)33-9-11-34-12-10-33/h1-8,13-15H,9-12H2,(H2,28,29,30,31,32)/b27-15-. The molecule has 0 atom stereocenters. The van der Waals surface area contributed by atoms with Gasteiger partial charge in [0.2, 0.25) is 17.8 Å². The average molecular weight is 510 g/mol. The Kier molecular flexibility index (Phi) is 7.08. The van der Waals surface area contributed by atoms with Gasteiger partial charge in [-0.05, 0) is 42.5 Å². The summed E-state index contributed by atoms with van der Waals surface area (Å²) < 4.78 is 11.3. The van der Waals surface area contributed by atoms with Crippen molar-refractivity contribution in [1.29, 1.82) is 0 Å². The van der Waals surface area contributed by atoms with E-state index in [1.54, 1.807) is 18.3 Å². The molecule has 2 N–H and O–H groups in total. The smallest absolute Gasteiger partial charge is 0.250 e. The van der Waals surface area contributed by atoms with Gasteiger partial charge in [-0.2, -0.15) is 20.1 Å². The van der Waals surface area contributed by atoms with Gasteiger partial charge in [0.05, 0.1) is 19.4 Å². The number of morpholine rings is 1. The number of nitrogens with zero attached hydrogens (tertiary/aromatic N) is 5. The highest BCUT2D eigenvalue weighted by Gasteiger charge is 2.17. The molecule has 0 aliphatic carbocycles. The van der Waals surface area contributed by atoms with Crippen molar-refractivity contribution in [1.82, 2.24) is 15.0 Å². The Labute approximate surface area is 211 Å². The number of hydrazone groups is 1. The summed E-state index contributed by atoms with van der Waals surface area (Å²) in [5.74, 6) is 2.42. The van der Waals surface area contributed by atoms with Crippen molar-refractivity contribution in [3.8, 4) is 11.3 Å². The van der Waals surface area contributed by atoms with Crippen LogP contribution >= 0.6 is 23.2 Å². The molecule has 0 spiro atoms. The van der Waals surface area contributed by atoms with E-state index in [-0.39, 0.29) is 5.95 Å². The molecule has 2 aromatic heterocycles. The van der Waals surface area contributed by atoms with Crippen LogP contribution in [0.5, 0.6) is 0 Å². The predicted octanol–water partition coefficient (Wildman–Crippen LogP) is 5.46. The molecule has 0 bridgehead atoms. The van der Waals surface area contributed by atoms with E-state index in [0.717, 1.165) is 11.3 Å². The van der Waals surface area contributed by atoms with Gasteiger partial charge in [-0.1, -0.05) is 41.4 Å². The van der Waals surface area contributed by atoms with E-state index in [9.17, 15) is 0 Å². The molecular weight excluding hydrogens is 489 g/mol. The number of aromatic nitrogens is 3. The van der Waals surface area contributed by atoms with E-state index in [1.165, 1.54) is 0 Å². The molecule has 1 fully saturated rings. The highest BCUT2D eigenvalue weighted by atomic mass is 35.5. The zero-order valence-electron chi connectivity index (χ0n) is 18.5. The Morgan fingerprint density at radius 2 is 1.66 bits per heavy atom. The van der Waals surface area contributed by atoms with Crippen LogP contribution in [0.1, 0.15) is 5.76 Å². The van der Waals surface area contributed by atoms with Crippen LogP contribution in [0.2, 0.25) is 10.0 Å². The molecule has 0 radical (unpaired) electrons. The van der Waals surface area contributed by atoms with Gasteiger partial charge >= 0.3 is 0 Å². The molecule has 35 heavy (non-hydrogen) atoms. The highest BCUT2D eigenvalue weighted by molar-refractivity contribution is 6.31. The summed E-state index contributed by atoms with van der Waals surface area (Å²) in [7, 11) is 0. The Morgan fingerprint density at radius 1 is 0.886 bits per heavy atom. The van der Waals surface area contributed by atoms with E-state index >= 15 is 0 Å². The van der Waals surface area contributed by atoms with Crippen LogP contribution in [0.3, 0.4) is 0 Å². The first kappa shape index (κ1) is 23.1. The second-order valence-corrected chi connectivity index (χ2v) is 8.47. The maximum Gasteiger partial charge on any atom is 0.250 e. The Hall–Kier alpha value is -3.66. The first-order chi connectivity index (χ1) is 17.1. The third-order valence-electron chi connectivity index (χ3n) is 5.09. The number of hydrogen-bond donors (Lipinski definition) is 2. The number of benzene rings is 2. The van der Waals surface area contributed by atoms with E-state index < -0.39 is 0 Å².